The zero-order chi connectivity index (χ0) is 33.8. The maximum Gasteiger partial charge on any atom is 0.240 e. The van der Waals surface area contributed by atoms with Crippen LogP contribution in [0.3, 0.4) is 0 Å². The molecule has 3 amide bonds. The first-order valence-corrected chi connectivity index (χ1v) is 15.6. The summed E-state index contributed by atoms with van der Waals surface area (Å²) in [4.78, 5) is 43.6. The molecule has 0 atom stereocenters. The van der Waals surface area contributed by atoms with Crippen LogP contribution < -0.4 is 30.6 Å². The van der Waals surface area contributed by atoms with Crippen LogP contribution in [0.5, 0.6) is 23.0 Å². The summed E-state index contributed by atoms with van der Waals surface area (Å²) in [6.07, 6.45) is 3.85. The van der Waals surface area contributed by atoms with Crippen LogP contribution in [0.4, 0.5) is 20.2 Å². The van der Waals surface area contributed by atoms with E-state index in [-0.39, 0.29) is 42.4 Å². The van der Waals surface area contributed by atoms with Crippen molar-refractivity contribution in [3.63, 3.8) is 0 Å². The standard InChI is InChI=1S/C35H35F2N5O6/c1-46-30-17-23-27(18-31(30)47-20-21-9-14-42(15-10-21)19-32(38)43)39-13-8-28(23)48-29-7-6-22(16-25(29)37)40-33(44)35(11-12-35)34(45)41-26-5-3-2-4-24(26)36/h2-8,13,16-18,21H,9-12,14-15,19-20H2,1H3,(H2,38,43)(H,40,44)(H,41,45). The molecular formula is C35H35F2N5O6. The number of anilines is 2. The summed E-state index contributed by atoms with van der Waals surface area (Å²) in [6, 6.07) is 14.7. The Morgan fingerprint density at radius 2 is 1.67 bits per heavy atom. The van der Waals surface area contributed by atoms with Gasteiger partial charge in [-0.25, -0.2) is 8.78 Å². The highest BCUT2D eigenvalue weighted by molar-refractivity contribution is 6.17. The Morgan fingerprint density at radius 1 is 0.917 bits per heavy atom. The minimum absolute atomic E-state index is 0.0189. The number of nitrogens with two attached hydrogens (primary N) is 1. The van der Waals surface area contributed by atoms with E-state index >= 15 is 4.39 Å². The summed E-state index contributed by atoms with van der Waals surface area (Å²) in [5.74, 6) is -1.42. The molecule has 48 heavy (non-hydrogen) atoms. The molecule has 2 fully saturated rings. The van der Waals surface area contributed by atoms with Crippen molar-refractivity contribution in [1.82, 2.24) is 9.88 Å². The molecule has 1 aromatic heterocycles. The Kier molecular flexibility index (Phi) is 9.40. The molecule has 250 valence electrons. The molecule has 4 aromatic rings. The second-order valence-electron chi connectivity index (χ2n) is 12.0. The van der Waals surface area contributed by atoms with Crippen molar-refractivity contribution in [2.45, 2.75) is 25.7 Å². The molecule has 3 aromatic carbocycles. The van der Waals surface area contributed by atoms with Gasteiger partial charge in [-0.05, 0) is 81.1 Å². The largest absolute Gasteiger partial charge is 0.493 e. The van der Waals surface area contributed by atoms with Gasteiger partial charge in [-0.1, -0.05) is 12.1 Å². The Balaban J connectivity index is 1.11. The molecule has 1 saturated carbocycles. The SMILES string of the molecule is COc1cc2c(Oc3ccc(NC(=O)C4(C(=O)Nc5ccccc5F)CC4)cc3F)ccnc2cc1OCC1CCN(CC(N)=O)CC1. The zero-order valence-corrected chi connectivity index (χ0v) is 26.3. The number of para-hydroxylation sites is 1. The molecule has 1 saturated heterocycles. The van der Waals surface area contributed by atoms with Gasteiger partial charge in [-0.2, -0.15) is 0 Å². The Hall–Kier alpha value is -5.30. The third-order valence-electron chi connectivity index (χ3n) is 8.70. The van der Waals surface area contributed by atoms with Crippen LogP contribution in [0.25, 0.3) is 10.9 Å². The number of hydrogen-bond donors (Lipinski definition) is 3. The molecule has 0 radical (unpaired) electrons. The number of nitrogens with one attached hydrogen (secondary N) is 2. The smallest absolute Gasteiger partial charge is 0.240 e. The quantitative estimate of drug-likeness (QED) is 0.175. The van der Waals surface area contributed by atoms with Gasteiger partial charge in [-0.15, -0.1) is 0 Å². The van der Waals surface area contributed by atoms with Crippen molar-refractivity contribution in [2.24, 2.45) is 17.1 Å². The molecule has 0 spiro atoms. The number of benzene rings is 3. The highest BCUT2D eigenvalue weighted by atomic mass is 19.1. The van der Waals surface area contributed by atoms with Gasteiger partial charge in [0.15, 0.2) is 23.1 Å². The van der Waals surface area contributed by atoms with Gasteiger partial charge in [0.05, 0.1) is 31.5 Å². The van der Waals surface area contributed by atoms with E-state index in [0.717, 1.165) is 32.0 Å². The number of pyridine rings is 1. The number of rotatable bonds is 12. The van der Waals surface area contributed by atoms with Gasteiger partial charge in [0.2, 0.25) is 17.7 Å². The Morgan fingerprint density at radius 3 is 2.35 bits per heavy atom. The first-order valence-electron chi connectivity index (χ1n) is 15.6. The molecule has 2 heterocycles. The van der Waals surface area contributed by atoms with Gasteiger partial charge in [0.25, 0.3) is 0 Å². The minimum Gasteiger partial charge on any atom is -0.493 e. The summed E-state index contributed by atoms with van der Waals surface area (Å²) in [7, 11) is 1.52. The number of carbonyl (C=O) groups is 3. The third-order valence-corrected chi connectivity index (χ3v) is 8.70. The predicted molar refractivity (Wildman–Crippen MR) is 174 cm³/mol. The second-order valence-corrected chi connectivity index (χ2v) is 12.0. The van der Waals surface area contributed by atoms with E-state index < -0.39 is 28.9 Å². The van der Waals surface area contributed by atoms with E-state index in [1.165, 1.54) is 43.6 Å². The summed E-state index contributed by atoms with van der Waals surface area (Å²) in [6.45, 7) is 2.26. The number of methoxy groups -OCH3 is 1. The van der Waals surface area contributed by atoms with Crippen LogP contribution in [0.1, 0.15) is 25.7 Å². The molecule has 1 aliphatic carbocycles. The van der Waals surface area contributed by atoms with Gasteiger partial charge in [0, 0.05) is 29.4 Å². The van der Waals surface area contributed by atoms with E-state index in [1.54, 1.807) is 24.3 Å². The average Bonchev–Trinajstić information content (AvgIpc) is 3.89. The monoisotopic (exact) mass is 659 g/mol. The lowest BCUT2D eigenvalue weighted by Gasteiger charge is -2.31. The van der Waals surface area contributed by atoms with E-state index in [1.807, 2.05) is 4.90 Å². The van der Waals surface area contributed by atoms with Gasteiger partial charge >= 0.3 is 0 Å². The normalized spacial score (nSPS) is 15.8. The minimum atomic E-state index is -1.37. The molecule has 0 unspecified atom stereocenters. The average molecular weight is 660 g/mol. The zero-order valence-electron chi connectivity index (χ0n) is 26.3. The van der Waals surface area contributed by atoms with Crippen LogP contribution in [-0.2, 0) is 14.4 Å². The van der Waals surface area contributed by atoms with Crippen LogP contribution in [0.15, 0.2) is 66.9 Å². The number of amides is 3. The molecule has 2 aliphatic rings. The van der Waals surface area contributed by atoms with Crippen molar-refractivity contribution in [2.75, 3.05) is 44.0 Å². The van der Waals surface area contributed by atoms with Crippen molar-refractivity contribution < 1.29 is 37.4 Å². The molecule has 11 nitrogen and oxygen atoms in total. The highest BCUT2D eigenvalue weighted by Crippen LogP contribution is 2.48. The molecule has 1 aliphatic heterocycles. The number of nitrogens with zero attached hydrogens (tertiary/aromatic N) is 2. The third kappa shape index (κ3) is 7.15. The van der Waals surface area contributed by atoms with E-state index in [4.69, 9.17) is 19.9 Å². The second kappa shape index (κ2) is 13.8. The summed E-state index contributed by atoms with van der Waals surface area (Å²) in [5.41, 5.74) is 4.61. The molecule has 4 N–H and O–H groups in total. The molecule has 6 rings (SSSR count). The fourth-order valence-electron chi connectivity index (χ4n) is 5.75. The number of primary amides is 1. The number of carbonyl (C=O) groups excluding carboxylic acids is 3. The van der Waals surface area contributed by atoms with Crippen LogP contribution in [0.2, 0.25) is 0 Å². The lowest BCUT2D eigenvalue weighted by atomic mass is 9.98. The maximum absolute atomic E-state index is 15.3. The van der Waals surface area contributed by atoms with Crippen molar-refractivity contribution >= 4 is 40.0 Å². The number of halogens is 2. The van der Waals surface area contributed by atoms with E-state index in [0.29, 0.717) is 40.7 Å². The topological polar surface area (TPSA) is 145 Å². The van der Waals surface area contributed by atoms with Crippen LogP contribution >= 0.6 is 0 Å². The summed E-state index contributed by atoms with van der Waals surface area (Å²) in [5, 5.41) is 5.64. The lowest BCUT2D eigenvalue weighted by molar-refractivity contribution is -0.131. The highest BCUT2D eigenvalue weighted by Gasteiger charge is 2.56. The van der Waals surface area contributed by atoms with E-state index in [2.05, 4.69) is 15.6 Å². The number of likely N-dealkylation sites (tertiary alicyclic amines) is 1. The van der Waals surface area contributed by atoms with E-state index in [9.17, 15) is 18.8 Å². The van der Waals surface area contributed by atoms with Gasteiger partial charge in [-0.3, -0.25) is 24.3 Å². The fraction of sp³-hybridized carbons (Fsp3) is 0.314. The first-order chi connectivity index (χ1) is 23.1. The number of ether oxygens (including phenoxy) is 3. The van der Waals surface area contributed by atoms with Gasteiger partial charge in [0.1, 0.15) is 17.0 Å². The molecule has 13 heteroatoms. The molecular weight excluding hydrogens is 624 g/mol. The maximum atomic E-state index is 15.3. The fourth-order valence-corrected chi connectivity index (χ4v) is 5.75. The van der Waals surface area contributed by atoms with Crippen molar-refractivity contribution in [3.8, 4) is 23.0 Å². The number of aromatic nitrogens is 1. The van der Waals surface area contributed by atoms with Crippen LogP contribution in [-0.4, -0.2) is 61.0 Å². The number of hydrogen-bond acceptors (Lipinski definition) is 8. The first kappa shape index (κ1) is 32.6. The predicted octanol–water partition coefficient (Wildman–Crippen LogP) is 5.25. The number of piperidine rings is 1. The van der Waals surface area contributed by atoms with Crippen molar-refractivity contribution in [1.29, 1.82) is 0 Å². The molecule has 0 bridgehead atoms. The summed E-state index contributed by atoms with van der Waals surface area (Å²) < 4.78 is 47.0. The van der Waals surface area contributed by atoms with Crippen LogP contribution in [0, 0.1) is 23.0 Å². The number of fused-ring (bicyclic) bond motifs is 1. The lowest BCUT2D eigenvalue weighted by Crippen LogP contribution is -2.40. The Labute approximate surface area is 275 Å². The van der Waals surface area contributed by atoms with Crippen molar-refractivity contribution in [3.05, 3.63) is 78.5 Å². The van der Waals surface area contributed by atoms with Gasteiger partial charge < -0.3 is 30.6 Å². The Bertz CT molecular complexity index is 1860. The summed E-state index contributed by atoms with van der Waals surface area (Å²) >= 11 is 0.